The molecule has 3 amide bonds. The summed E-state index contributed by atoms with van der Waals surface area (Å²) in [5, 5.41) is 5.96. The van der Waals surface area contributed by atoms with E-state index in [0.29, 0.717) is 19.4 Å². The second-order valence-electron chi connectivity index (χ2n) is 11.7. The number of nitrogens with two attached hydrogens (primary N) is 1. The SMILES string of the molecule is CC(Cc1ccccc1)(NC(=O)OC1c2ccccc2CCC1(C)C)C(=O)NCCCCCCCCC(N)=O. The highest BCUT2D eigenvalue weighted by Crippen LogP contribution is 2.45. The van der Waals surface area contributed by atoms with Crippen molar-refractivity contribution in [3.63, 3.8) is 0 Å². The van der Waals surface area contributed by atoms with Crippen LogP contribution >= 0.6 is 0 Å². The summed E-state index contributed by atoms with van der Waals surface area (Å²) in [5.74, 6) is -0.478. The number of ether oxygens (including phenoxy) is 1. The van der Waals surface area contributed by atoms with Crippen molar-refractivity contribution in [1.82, 2.24) is 10.6 Å². The fourth-order valence-electron chi connectivity index (χ4n) is 5.32. The Morgan fingerprint density at radius 1 is 0.949 bits per heavy atom. The van der Waals surface area contributed by atoms with Crippen LogP contribution in [0.25, 0.3) is 0 Å². The molecule has 4 N–H and O–H groups in total. The van der Waals surface area contributed by atoms with Crippen LogP contribution in [0.15, 0.2) is 54.6 Å². The van der Waals surface area contributed by atoms with Gasteiger partial charge in [-0.3, -0.25) is 9.59 Å². The number of aryl methyl sites for hydroxylation is 1. The van der Waals surface area contributed by atoms with Gasteiger partial charge >= 0.3 is 6.09 Å². The molecule has 0 spiro atoms. The summed E-state index contributed by atoms with van der Waals surface area (Å²) in [5.41, 5.74) is 6.98. The molecule has 0 heterocycles. The number of hydrogen-bond acceptors (Lipinski definition) is 4. The van der Waals surface area contributed by atoms with Gasteiger partial charge in [-0.2, -0.15) is 0 Å². The maximum atomic E-state index is 13.4. The fourth-order valence-corrected chi connectivity index (χ4v) is 5.32. The molecule has 0 saturated carbocycles. The van der Waals surface area contributed by atoms with Crippen LogP contribution < -0.4 is 16.4 Å². The number of carbonyl (C=O) groups excluding carboxylic acids is 3. The highest BCUT2D eigenvalue weighted by atomic mass is 16.6. The van der Waals surface area contributed by atoms with Gasteiger partial charge < -0.3 is 21.1 Å². The van der Waals surface area contributed by atoms with E-state index < -0.39 is 17.7 Å². The van der Waals surface area contributed by atoms with Crippen molar-refractivity contribution in [2.45, 2.75) is 96.6 Å². The van der Waals surface area contributed by atoms with Crippen molar-refractivity contribution >= 4 is 17.9 Å². The standard InChI is InChI=1S/C32H45N3O4/c1-31(2)21-20-25-17-12-13-18-26(25)28(31)39-30(38)35-32(3,23-24-15-9-8-10-16-24)29(37)34-22-14-7-5-4-6-11-19-27(33)36/h8-10,12-13,15-18,28H,4-7,11,14,19-23H2,1-3H3,(H2,33,36)(H,34,37)(H,35,38). The quantitative estimate of drug-likeness (QED) is 0.267. The Hall–Kier alpha value is -3.35. The van der Waals surface area contributed by atoms with E-state index in [9.17, 15) is 14.4 Å². The van der Waals surface area contributed by atoms with E-state index in [-0.39, 0.29) is 17.2 Å². The van der Waals surface area contributed by atoms with Crippen molar-refractivity contribution in [2.24, 2.45) is 11.1 Å². The van der Waals surface area contributed by atoms with Crippen LogP contribution in [0.5, 0.6) is 0 Å². The molecule has 2 aromatic carbocycles. The second-order valence-corrected chi connectivity index (χ2v) is 11.7. The summed E-state index contributed by atoms with van der Waals surface area (Å²) < 4.78 is 6.06. The van der Waals surface area contributed by atoms with E-state index in [4.69, 9.17) is 10.5 Å². The molecular formula is C32H45N3O4. The lowest BCUT2D eigenvalue weighted by Gasteiger charge is -2.40. The van der Waals surface area contributed by atoms with Gasteiger partial charge in [-0.1, -0.05) is 94.1 Å². The molecule has 0 bridgehead atoms. The van der Waals surface area contributed by atoms with E-state index in [2.05, 4.69) is 30.5 Å². The van der Waals surface area contributed by atoms with E-state index >= 15 is 0 Å². The lowest BCUT2D eigenvalue weighted by Crippen LogP contribution is -2.58. The van der Waals surface area contributed by atoms with Crippen molar-refractivity contribution in [3.05, 3.63) is 71.3 Å². The average molecular weight is 536 g/mol. The topological polar surface area (TPSA) is 111 Å². The predicted octanol–water partition coefficient (Wildman–Crippen LogP) is 5.76. The van der Waals surface area contributed by atoms with Crippen molar-refractivity contribution < 1.29 is 19.1 Å². The van der Waals surface area contributed by atoms with Gasteiger partial charge in [-0.05, 0) is 49.3 Å². The van der Waals surface area contributed by atoms with Crippen molar-refractivity contribution in [1.29, 1.82) is 0 Å². The van der Waals surface area contributed by atoms with Crippen LogP contribution in [0.1, 0.15) is 94.9 Å². The molecule has 7 heteroatoms. The Kier molecular flexibility index (Phi) is 11.0. The van der Waals surface area contributed by atoms with Crippen LogP contribution in [-0.4, -0.2) is 30.0 Å². The molecule has 0 saturated heterocycles. The molecule has 2 unspecified atom stereocenters. The van der Waals surface area contributed by atoms with Crippen molar-refractivity contribution in [3.8, 4) is 0 Å². The van der Waals surface area contributed by atoms with Gasteiger partial charge in [0.2, 0.25) is 11.8 Å². The number of primary amides is 1. The Morgan fingerprint density at radius 2 is 1.59 bits per heavy atom. The first-order chi connectivity index (χ1) is 18.6. The van der Waals surface area contributed by atoms with E-state index in [0.717, 1.165) is 62.5 Å². The fraction of sp³-hybridized carbons (Fsp3) is 0.531. The van der Waals surface area contributed by atoms with Gasteiger partial charge in [-0.15, -0.1) is 0 Å². The number of benzene rings is 2. The van der Waals surface area contributed by atoms with E-state index in [1.165, 1.54) is 5.56 Å². The number of unbranched alkanes of at least 4 members (excludes halogenated alkanes) is 5. The highest BCUT2D eigenvalue weighted by Gasteiger charge is 2.41. The van der Waals surface area contributed by atoms with Crippen LogP contribution in [0.4, 0.5) is 4.79 Å². The smallest absolute Gasteiger partial charge is 0.408 e. The van der Waals surface area contributed by atoms with Crippen LogP contribution in [0, 0.1) is 5.41 Å². The normalized spacial score (nSPS) is 17.4. The molecular weight excluding hydrogens is 490 g/mol. The van der Waals surface area contributed by atoms with Crippen LogP contribution in [0.2, 0.25) is 0 Å². The maximum absolute atomic E-state index is 13.4. The zero-order chi connectivity index (χ0) is 28.3. The molecule has 212 valence electrons. The largest absolute Gasteiger partial charge is 0.441 e. The minimum absolute atomic E-state index is 0.219. The molecule has 2 aromatic rings. The van der Waals surface area contributed by atoms with Gasteiger partial charge in [0.1, 0.15) is 11.6 Å². The minimum atomic E-state index is -1.18. The monoisotopic (exact) mass is 535 g/mol. The van der Waals surface area contributed by atoms with Gasteiger partial charge in [0.25, 0.3) is 0 Å². The molecule has 0 fully saturated rings. The number of fused-ring (bicyclic) bond motifs is 1. The molecule has 7 nitrogen and oxygen atoms in total. The van der Waals surface area contributed by atoms with Gasteiger partial charge in [-0.25, -0.2) is 4.79 Å². The van der Waals surface area contributed by atoms with Crippen LogP contribution in [0.3, 0.4) is 0 Å². The van der Waals surface area contributed by atoms with E-state index in [1.54, 1.807) is 6.92 Å². The third-order valence-corrected chi connectivity index (χ3v) is 7.73. The zero-order valence-corrected chi connectivity index (χ0v) is 23.8. The summed E-state index contributed by atoms with van der Waals surface area (Å²) in [6, 6.07) is 17.8. The zero-order valence-electron chi connectivity index (χ0n) is 23.8. The number of amides is 3. The number of rotatable bonds is 14. The summed E-state index contributed by atoms with van der Waals surface area (Å²) in [6.07, 6.45) is 7.40. The summed E-state index contributed by atoms with van der Waals surface area (Å²) in [7, 11) is 0. The average Bonchev–Trinajstić information content (AvgIpc) is 2.89. The maximum Gasteiger partial charge on any atom is 0.408 e. The molecule has 39 heavy (non-hydrogen) atoms. The molecule has 0 aromatic heterocycles. The van der Waals surface area contributed by atoms with Crippen molar-refractivity contribution in [2.75, 3.05) is 6.54 Å². The van der Waals surface area contributed by atoms with Gasteiger partial charge in [0.05, 0.1) is 0 Å². The lowest BCUT2D eigenvalue weighted by atomic mass is 9.72. The third-order valence-electron chi connectivity index (χ3n) is 7.73. The Morgan fingerprint density at radius 3 is 2.31 bits per heavy atom. The molecule has 1 aliphatic rings. The third kappa shape index (κ3) is 9.12. The molecule has 0 radical (unpaired) electrons. The lowest BCUT2D eigenvalue weighted by molar-refractivity contribution is -0.127. The summed E-state index contributed by atoms with van der Waals surface area (Å²) >= 11 is 0. The molecule has 3 rings (SSSR count). The number of carbonyl (C=O) groups is 3. The second kappa shape index (κ2) is 14.2. The van der Waals surface area contributed by atoms with E-state index in [1.807, 2.05) is 48.5 Å². The van der Waals surface area contributed by atoms with Crippen LogP contribution in [-0.2, 0) is 27.2 Å². The Labute approximate surface area is 233 Å². The van der Waals surface area contributed by atoms with Gasteiger partial charge in [0.15, 0.2) is 0 Å². The van der Waals surface area contributed by atoms with Gasteiger partial charge in [0, 0.05) is 24.8 Å². The number of nitrogens with one attached hydrogen (secondary N) is 2. The molecule has 2 atom stereocenters. The summed E-state index contributed by atoms with van der Waals surface area (Å²) in [6.45, 7) is 6.53. The first-order valence-corrected chi connectivity index (χ1v) is 14.3. The Balaban J connectivity index is 1.60. The highest BCUT2D eigenvalue weighted by molar-refractivity contribution is 5.90. The summed E-state index contributed by atoms with van der Waals surface area (Å²) in [4.78, 5) is 37.6. The number of alkyl carbamates (subject to hydrolysis) is 1. The minimum Gasteiger partial charge on any atom is -0.441 e. The molecule has 0 aliphatic heterocycles. The number of hydrogen-bond donors (Lipinski definition) is 3. The predicted molar refractivity (Wildman–Crippen MR) is 154 cm³/mol. The molecule has 1 aliphatic carbocycles. The first-order valence-electron chi connectivity index (χ1n) is 14.3. The first kappa shape index (κ1) is 30.2. The Bertz CT molecular complexity index is 1100.